The Morgan fingerprint density at radius 2 is 2.30 bits per heavy atom. The van der Waals surface area contributed by atoms with Crippen molar-refractivity contribution in [2.24, 2.45) is 0 Å². The van der Waals surface area contributed by atoms with Gasteiger partial charge in [-0.3, -0.25) is 4.79 Å². The molecule has 3 rings (SSSR count). The lowest BCUT2D eigenvalue weighted by atomic mass is 10.2. The third-order valence-electron chi connectivity index (χ3n) is 3.68. The summed E-state index contributed by atoms with van der Waals surface area (Å²) in [6.07, 6.45) is 6.37. The first-order chi connectivity index (χ1) is 9.65. The monoisotopic (exact) mass is 272 g/mol. The molecule has 5 nitrogen and oxygen atoms in total. The van der Waals surface area contributed by atoms with E-state index in [1.165, 1.54) is 18.4 Å². The highest BCUT2D eigenvalue weighted by atomic mass is 16.2. The molecule has 0 aliphatic heterocycles. The number of amides is 1. The van der Waals surface area contributed by atoms with Gasteiger partial charge in [0.2, 0.25) is 5.91 Å². The van der Waals surface area contributed by atoms with Crippen LogP contribution in [0.1, 0.15) is 18.4 Å². The van der Waals surface area contributed by atoms with Crippen LogP contribution in [0.3, 0.4) is 0 Å². The van der Waals surface area contributed by atoms with Crippen LogP contribution in [0, 0.1) is 0 Å². The van der Waals surface area contributed by atoms with Crippen LogP contribution in [0.4, 0.5) is 0 Å². The molecule has 1 fully saturated rings. The Bertz CT molecular complexity index is 628. The van der Waals surface area contributed by atoms with Crippen molar-refractivity contribution < 1.29 is 4.79 Å². The van der Waals surface area contributed by atoms with E-state index in [4.69, 9.17) is 0 Å². The van der Waals surface area contributed by atoms with Crippen LogP contribution in [0.2, 0.25) is 0 Å². The SMILES string of the molecule is CN(C)C(=O)Cn1cc(CNC2CC2)c2cccnc21. The van der Waals surface area contributed by atoms with E-state index in [1.54, 1.807) is 25.2 Å². The molecule has 1 aliphatic carbocycles. The second-order valence-corrected chi connectivity index (χ2v) is 5.60. The van der Waals surface area contributed by atoms with Gasteiger partial charge in [-0.1, -0.05) is 0 Å². The van der Waals surface area contributed by atoms with Gasteiger partial charge in [0, 0.05) is 44.5 Å². The van der Waals surface area contributed by atoms with E-state index in [9.17, 15) is 4.79 Å². The highest BCUT2D eigenvalue weighted by molar-refractivity contribution is 5.83. The number of pyridine rings is 1. The van der Waals surface area contributed by atoms with Crippen LogP contribution in [-0.4, -0.2) is 40.5 Å². The van der Waals surface area contributed by atoms with E-state index in [0.29, 0.717) is 12.6 Å². The minimum Gasteiger partial charge on any atom is -0.347 e. The average Bonchev–Trinajstić information content (AvgIpc) is 3.20. The van der Waals surface area contributed by atoms with Crippen molar-refractivity contribution in [1.29, 1.82) is 0 Å². The van der Waals surface area contributed by atoms with Crippen molar-refractivity contribution in [3.63, 3.8) is 0 Å². The van der Waals surface area contributed by atoms with Gasteiger partial charge in [-0.15, -0.1) is 0 Å². The van der Waals surface area contributed by atoms with Gasteiger partial charge in [0.05, 0.1) is 0 Å². The number of hydrogen-bond acceptors (Lipinski definition) is 3. The van der Waals surface area contributed by atoms with Gasteiger partial charge in [-0.25, -0.2) is 4.98 Å². The second kappa shape index (κ2) is 5.25. The van der Waals surface area contributed by atoms with E-state index in [-0.39, 0.29) is 5.91 Å². The van der Waals surface area contributed by atoms with E-state index >= 15 is 0 Å². The quantitative estimate of drug-likeness (QED) is 0.894. The summed E-state index contributed by atoms with van der Waals surface area (Å²) >= 11 is 0. The summed E-state index contributed by atoms with van der Waals surface area (Å²) in [6.45, 7) is 1.18. The van der Waals surface area contributed by atoms with Crippen molar-refractivity contribution in [3.05, 3.63) is 30.1 Å². The largest absolute Gasteiger partial charge is 0.347 e. The van der Waals surface area contributed by atoms with E-state index in [1.807, 2.05) is 10.6 Å². The number of carbonyl (C=O) groups is 1. The maximum atomic E-state index is 11.9. The molecule has 106 valence electrons. The van der Waals surface area contributed by atoms with Crippen molar-refractivity contribution in [1.82, 2.24) is 19.8 Å². The molecule has 2 aromatic rings. The Morgan fingerprint density at radius 3 is 3.00 bits per heavy atom. The maximum absolute atomic E-state index is 11.9. The maximum Gasteiger partial charge on any atom is 0.242 e. The first-order valence-corrected chi connectivity index (χ1v) is 7.01. The molecular weight excluding hydrogens is 252 g/mol. The molecule has 0 unspecified atom stereocenters. The van der Waals surface area contributed by atoms with Gasteiger partial charge in [-0.2, -0.15) is 0 Å². The highest BCUT2D eigenvalue weighted by Gasteiger charge is 2.21. The molecule has 20 heavy (non-hydrogen) atoms. The number of aromatic nitrogens is 2. The molecule has 1 N–H and O–H groups in total. The molecule has 2 aromatic heterocycles. The van der Waals surface area contributed by atoms with Gasteiger partial charge < -0.3 is 14.8 Å². The molecule has 1 aliphatic rings. The Kier molecular flexibility index (Phi) is 3.44. The Balaban J connectivity index is 1.88. The predicted molar refractivity (Wildman–Crippen MR) is 78.3 cm³/mol. The molecular formula is C15H20N4O. The third-order valence-corrected chi connectivity index (χ3v) is 3.68. The van der Waals surface area contributed by atoms with E-state index in [2.05, 4.69) is 22.6 Å². The zero-order chi connectivity index (χ0) is 14.1. The molecule has 0 spiro atoms. The summed E-state index contributed by atoms with van der Waals surface area (Å²) in [5.41, 5.74) is 2.10. The van der Waals surface area contributed by atoms with Crippen molar-refractivity contribution in [2.45, 2.75) is 32.0 Å². The normalized spacial score (nSPS) is 14.7. The lowest BCUT2D eigenvalue weighted by molar-refractivity contribution is -0.129. The molecule has 1 amide bonds. The van der Waals surface area contributed by atoms with E-state index < -0.39 is 0 Å². The molecule has 0 bridgehead atoms. The zero-order valence-electron chi connectivity index (χ0n) is 12.0. The Hall–Kier alpha value is -1.88. The lowest BCUT2D eigenvalue weighted by Gasteiger charge is -2.11. The highest BCUT2D eigenvalue weighted by Crippen LogP contribution is 2.23. The predicted octanol–water partition coefficient (Wildman–Crippen LogP) is 1.38. The van der Waals surface area contributed by atoms with Gasteiger partial charge in [0.1, 0.15) is 12.2 Å². The second-order valence-electron chi connectivity index (χ2n) is 5.60. The summed E-state index contributed by atoms with van der Waals surface area (Å²) in [4.78, 5) is 17.9. The fraction of sp³-hybridized carbons (Fsp3) is 0.467. The zero-order valence-corrected chi connectivity index (χ0v) is 12.0. The van der Waals surface area contributed by atoms with Gasteiger partial charge in [0.25, 0.3) is 0 Å². The average molecular weight is 272 g/mol. The number of nitrogens with one attached hydrogen (secondary N) is 1. The summed E-state index contributed by atoms with van der Waals surface area (Å²) in [7, 11) is 3.55. The smallest absolute Gasteiger partial charge is 0.242 e. The van der Waals surface area contributed by atoms with Crippen molar-refractivity contribution in [3.8, 4) is 0 Å². The third kappa shape index (κ3) is 2.67. The van der Waals surface area contributed by atoms with Crippen molar-refractivity contribution in [2.75, 3.05) is 14.1 Å². The molecule has 2 heterocycles. The number of likely N-dealkylation sites (N-methyl/N-ethyl adjacent to an activating group) is 1. The van der Waals surface area contributed by atoms with Gasteiger partial charge >= 0.3 is 0 Å². The Morgan fingerprint density at radius 1 is 1.50 bits per heavy atom. The van der Waals surface area contributed by atoms with Crippen LogP contribution in [-0.2, 0) is 17.9 Å². The minimum absolute atomic E-state index is 0.0780. The molecule has 0 atom stereocenters. The van der Waals surface area contributed by atoms with Crippen LogP contribution < -0.4 is 5.32 Å². The van der Waals surface area contributed by atoms with Crippen LogP contribution in [0.25, 0.3) is 11.0 Å². The standard InChI is InChI=1S/C15H20N4O/c1-18(2)14(20)10-19-9-11(8-17-12-5-6-12)13-4-3-7-16-15(13)19/h3-4,7,9,12,17H,5-6,8,10H2,1-2H3. The van der Waals surface area contributed by atoms with Crippen molar-refractivity contribution >= 4 is 16.9 Å². The van der Waals surface area contributed by atoms with E-state index in [0.717, 1.165) is 17.6 Å². The molecule has 0 saturated heterocycles. The fourth-order valence-electron chi connectivity index (χ4n) is 2.29. The minimum atomic E-state index is 0.0780. The van der Waals surface area contributed by atoms with Crippen LogP contribution >= 0.6 is 0 Å². The summed E-state index contributed by atoms with van der Waals surface area (Å²) in [5.74, 6) is 0.0780. The number of nitrogens with zero attached hydrogens (tertiary/aromatic N) is 3. The first kappa shape index (κ1) is 13.1. The number of rotatable bonds is 5. The fourth-order valence-corrected chi connectivity index (χ4v) is 2.29. The van der Waals surface area contributed by atoms with Crippen LogP contribution in [0.15, 0.2) is 24.5 Å². The first-order valence-electron chi connectivity index (χ1n) is 7.01. The Labute approximate surface area is 118 Å². The van der Waals surface area contributed by atoms with Gasteiger partial charge in [0.15, 0.2) is 0 Å². The summed E-state index contributed by atoms with van der Waals surface area (Å²) < 4.78 is 1.95. The number of fused-ring (bicyclic) bond motifs is 1. The molecule has 5 heteroatoms. The number of hydrogen-bond donors (Lipinski definition) is 1. The van der Waals surface area contributed by atoms with Gasteiger partial charge in [-0.05, 0) is 30.5 Å². The summed E-state index contributed by atoms with van der Waals surface area (Å²) in [6, 6.07) is 4.69. The lowest BCUT2D eigenvalue weighted by Crippen LogP contribution is -2.26. The summed E-state index contributed by atoms with van der Waals surface area (Å²) in [5, 5.41) is 4.65. The number of carbonyl (C=O) groups excluding carboxylic acids is 1. The topological polar surface area (TPSA) is 50.2 Å². The van der Waals surface area contributed by atoms with Crippen LogP contribution in [0.5, 0.6) is 0 Å². The molecule has 1 saturated carbocycles. The molecule has 0 radical (unpaired) electrons. The molecule has 0 aromatic carbocycles.